The highest BCUT2D eigenvalue weighted by atomic mass is 79.9. The molecule has 242 valence electrons. The van der Waals surface area contributed by atoms with Gasteiger partial charge in [-0.2, -0.15) is 0 Å². The van der Waals surface area contributed by atoms with E-state index < -0.39 is 65.7 Å². The van der Waals surface area contributed by atoms with E-state index in [1.165, 1.54) is 77.4 Å². The molecule has 0 spiro atoms. The predicted molar refractivity (Wildman–Crippen MR) is 177 cm³/mol. The van der Waals surface area contributed by atoms with E-state index in [9.17, 15) is 38.2 Å². The van der Waals surface area contributed by atoms with Crippen LogP contribution in [0.4, 0.5) is 8.78 Å². The number of rotatable bonds is 8. The smallest absolute Gasteiger partial charge is 0.333 e. The molecule has 6 aromatic rings. The number of halogens is 3. The third kappa shape index (κ3) is 6.45. The number of benzene rings is 2. The Balaban J connectivity index is 1.07. The zero-order chi connectivity index (χ0) is 34.1. The number of pyridine rings is 2. The minimum Gasteiger partial charge on any atom is -0.505 e. The van der Waals surface area contributed by atoms with Crippen molar-refractivity contribution in [3.05, 3.63) is 93.1 Å². The molecule has 0 unspecified atom stereocenters. The van der Waals surface area contributed by atoms with Crippen molar-refractivity contribution in [1.29, 1.82) is 0 Å². The van der Waals surface area contributed by atoms with Crippen LogP contribution in [0.5, 0.6) is 11.5 Å². The van der Waals surface area contributed by atoms with E-state index in [1.807, 2.05) is 0 Å². The van der Waals surface area contributed by atoms with Crippen LogP contribution < -0.4 is 10.6 Å². The van der Waals surface area contributed by atoms with Crippen molar-refractivity contribution in [3.8, 4) is 33.8 Å². The number of carbonyl (C=O) groups is 4. The van der Waals surface area contributed by atoms with E-state index in [-0.39, 0.29) is 15.7 Å². The molecule has 0 aliphatic rings. The predicted octanol–water partition coefficient (Wildman–Crippen LogP) is 5.92. The van der Waals surface area contributed by atoms with Gasteiger partial charge in [-0.15, -0.1) is 22.7 Å². The number of esters is 2. The highest BCUT2D eigenvalue weighted by Crippen LogP contribution is 2.43. The lowest BCUT2D eigenvalue weighted by Gasteiger charge is -2.10. The first-order valence-corrected chi connectivity index (χ1v) is 16.3. The summed E-state index contributed by atoms with van der Waals surface area (Å²) in [4.78, 5) is 58.3. The Morgan fingerprint density at radius 2 is 1.25 bits per heavy atom. The molecule has 4 aromatic heterocycles. The van der Waals surface area contributed by atoms with Crippen LogP contribution in [0.3, 0.4) is 0 Å². The molecule has 11 nitrogen and oxygen atoms in total. The molecular formula is C32H19BrF2N4O7S2. The first kappa shape index (κ1) is 32.6. The van der Waals surface area contributed by atoms with E-state index in [2.05, 4.69) is 41.3 Å². The summed E-state index contributed by atoms with van der Waals surface area (Å²) in [7, 11) is 0. The van der Waals surface area contributed by atoms with Crippen molar-refractivity contribution in [3.63, 3.8) is 0 Å². The van der Waals surface area contributed by atoms with Crippen LogP contribution in [0, 0.1) is 11.6 Å². The maximum absolute atomic E-state index is 13.4. The molecule has 0 saturated heterocycles. The third-order valence-electron chi connectivity index (χ3n) is 7.00. The van der Waals surface area contributed by atoms with Gasteiger partial charge in [-0.1, -0.05) is 24.3 Å². The number of aromatic nitrogens is 2. The van der Waals surface area contributed by atoms with Gasteiger partial charge in [0.2, 0.25) is 0 Å². The average Bonchev–Trinajstić information content (AvgIpc) is 3.72. The van der Waals surface area contributed by atoms with Gasteiger partial charge in [0.25, 0.3) is 11.8 Å². The van der Waals surface area contributed by atoms with Gasteiger partial charge < -0.3 is 25.6 Å². The fourth-order valence-electron chi connectivity index (χ4n) is 4.76. The maximum Gasteiger partial charge on any atom is 0.333 e. The summed E-state index contributed by atoms with van der Waals surface area (Å²) >= 11 is 5.78. The molecule has 0 fully saturated rings. The molecule has 4 N–H and O–H groups in total. The lowest BCUT2D eigenvalue weighted by molar-refractivity contribution is -0.158. The number of thiophene rings is 2. The van der Waals surface area contributed by atoms with Crippen molar-refractivity contribution in [2.24, 2.45) is 0 Å². The Labute approximate surface area is 285 Å². The van der Waals surface area contributed by atoms with Crippen LogP contribution in [0.15, 0.2) is 70.1 Å². The van der Waals surface area contributed by atoms with Gasteiger partial charge in [-0.25, -0.2) is 28.3 Å². The summed E-state index contributed by atoms with van der Waals surface area (Å²) in [5.74, 6) is -6.02. The fraction of sp³-hybridized carbons (Fsp3) is 0.0625. The minimum atomic E-state index is -1.17. The SMILES string of the molecule is O=C(CNC(=O)c1ncc2scc(-c3ccc(F)cc3)c2c1O)OC(=O)CNC(=O)c1nc(Br)c2scc(-c3ccc(F)cc3)c2c1O. The standard InChI is InChI=1S/C32H19BrF2N4O7S2/c33-30-29-24(19(13-48-29)15-3-7-17(35)8-4-15)28(43)26(39-30)32(45)38-11-22(41)46-21(40)10-37-31(44)25-27(42)23-18(12-47-20(23)9-36-25)14-1-5-16(34)6-2-14/h1-9,12-13,42-43H,10-11H2,(H,37,44)(H,38,45). The molecule has 16 heteroatoms. The highest BCUT2D eigenvalue weighted by molar-refractivity contribution is 9.10. The van der Waals surface area contributed by atoms with Gasteiger partial charge in [-0.3, -0.25) is 9.59 Å². The summed E-state index contributed by atoms with van der Waals surface area (Å²) in [5.41, 5.74) is 1.47. The third-order valence-corrected chi connectivity index (χ3v) is 9.74. The van der Waals surface area contributed by atoms with E-state index in [4.69, 9.17) is 0 Å². The second-order valence-electron chi connectivity index (χ2n) is 10.0. The average molecular weight is 754 g/mol. The molecule has 0 bridgehead atoms. The number of aromatic hydroxyl groups is 2. The second-order valence-corrected chi connectivity index (χ2v) is 12.6. The molecule has 0 radical (unpaired) electrons. The minimum absolute atomic E-state index is 0.248. The van der Waals surface area contributed by atoms with Crippen LogP contribution in [0.1, 0.15) is 21.0 Å². The molecule has 0 aliphatic heterocycles. The molecular weight excluding hydrogens is 734 g/mol. The van der Waals surface area contributed by atoms with Crippen LogP contribution in [0.2, 0.25) is 0 Å². The van der Waals surface area contributed by atoms with Gasteiger partial charge in [0.15, 0.2) is 22.9 Å². The quantitative estimate of drug-likeness (QED) is 0.0838. The molecule has 6 rings (SSSR count). The van der Waals surface area contributed by atoms with Gasteiger partial charge >= 0.3 is 11.9 Å². The van der Waals surface area contributed by atoms with Crippen LogP contribution in [0.25, 0.3) is 42.4 Å². The molecule has 2 amide bonds. The highest BCUT2D eigenvalue weighted by Gasteiger charge is 2.24. The number of nitrogens with zero attached hydrogens (tertiary/aromatic N) is 2. The topological polar surface area (TPSA) is 168 Å². The summed E-state index contributed by atoms with van der Waals surface area (Å²) in [6, 6.07) is 11.1. The van der Waals surface area contributed by atoms with Crippen LogP contribution in [-0.4, -0.2) is 57.0 Å². The fourth-order valence-corrected chi connectivity index (χ4v) is 7.31. The zero-order valence-corrected chi connectivity index (χ0v) is 27.3. The summed E-state index contributed by atoms with van der Waals surface area (Å²) in [6.45, 7) is -1.56. The monoisotopic (exact) mass is 752 g/mol. The lowest BCUT2D eigenvalue weighted by Crippen LogP contribution is -2.36. The largest absolute Gasteiger partial charge is 0.505 e. The summed E-state index contributed by atoms with van der Waals surface area (Å²) in [6.07, 6.45) is 1.37. The number of amides is 2. The molecule has 4 heterocycles. The van der Waals surface area contributed by atoms with Crippen molar-refractivity contribution < 1.29 is 42.9 Å². The van der Waals surface area contributed by atoms with Crippen LogP contribution >= 0.6 is 38.6 Å². The number of nitrogens with one attached hydrogen (secondary N) is 2. The first-order chi connectivity index (χ1) is 23.0. The Hall–Kier alpha value is -5.32. The van der Waals surface area contributed by atoms with E-state index in [0.29, 0.717) is 37.0 Å². The summed E-state index contributed by atoms with van der Waals surface area (Å²) in [5, 5.41) is 30.3. The zero-order valence-electron chi connectivity index (χ0n) is 24.0. The lowest BCUT2D eigenvalue weighted by atomic mass is 10.0. The Morgan fingerprint density at radius 3 is 1.83 bits per heavy atom. The Morgan fingerprint density at radius 1 is 0.750 bits per heavy atom. The molecule has 0 saturated carbocycles. The Bertz CT molecular complexity index is 2260. The van der Waals surface area contributed by atoms with Gasteiger partial charge in [-0.05, 0) is 56.7 Å². The van der Waals surface area contributed by atoms with E-state index >= 15 is 0 Å². The van der Waals surface area contributed by atoms with Crippen molar-refractivity contribution in [1.82, 2.24) is 20.6 Å². The normalized spacial score (nSPS) is 11.1. The molecule has 48 heavy (non-hydrogen) atoms. The van der Waals surface area contributed by atoms with Gasteiger partial charge in [0.05, 0.1) is 9.40 Å². The van der Waals surface area contributed by atoms with E-state index in [1.54, 1.807) is 10.8 Å². The number of hydrogen-bond acceptors (Lipinski definition) is 11. The van der Waals surface area contributed by atoms with E-state index in [0.717, 1.165) is 0 Å². The molecule has 2 aromatic carbocycles. The Kier molecular flexibility index (Phi) is 9.12. The number of carbonyl (C=O) groups excluding carboxylic acids is 4. The number of fused-ring (bicyclic) bond motifs is 2. The molecule has 0 aliphatic carbocycles. The number of ether oxygens (including phenoxy) is 1. The van der Waals surface area contributed by atoms with Crippen molar-refractivity contribution >= 4 is 82.5 Å². The number of hydrogen-bond donors (Lipinski definition) is 4. The van der Waals surface area contributed by atoms with Gasteiger partial charge in [0.1, 0.15) is 29.3 Å². The first-order valence-electron chi connectivity index (χ1n) is 13.7. The molecule has 0 atom stereocenters. The maximum atomic E-state index is 13.4. The second kappa shape index (κ2) is 13.4. The van der Waals surface area contributed by atoms with Crippen LogP contribution in [-0.2, 0) is 14.3 Å². The van der Waals surface area contributed by atoms with Crippen molar-refractivity contribution in [2.45, 2.75) is 0 Å². The van der Waals surface area contributed by atoms with Crippen molar-refractivity contribution in [2.75, 3.05) is 13.1 Å². The summed E-state index contributed by atoms with van der Waals surface area (Å²) < 4.78 is 32.8. The van der Waals surface area contributed by atoms with Gasteiger partial charge in [0, 0.05) is 33.5 Å².